The zero-order valence-electron chi connectivity index (χ0n) is 13.0. The quantitative estimate of drug-likeness (QED) is 0.944. The molecule has 2 rings (SSSR count). The van der Waals surface area contributed by atoms with Crippen LogP contribution in [0.3, 0.4) is 0 Å². The van der Waals surface area contributed by atoms with Gasteiger partial charge in [-0.05, 0) is 30.7 Å². The van der Waals surface area contributed by atoms with Crippen LogP contribution >= 0.6 is 0 Å². The second-order valence-corrected chi connectivity index (χ2v) is 6.15. The Morgan fingerprint density at radius 2 is 1.86 bits per heavy atom. The van der Waals surface area contributed by atoms with Crippen molar-refractivity contribution in [1.82, 2.24) is 0 Å². The van der Waals surface area contributed by atoms with E-state index in [1.54, 1.807) is 25.1 Å². The molecule has 5 heteroatoms. The fourth-order valence-electron chi connectivity index (χ4n) is 2.00. The first-order valence-electron chi connectivity index (χ1n) is 6.92. The minimum Gasteiger partial charge on any atom is -0.545 e. The first-order valence-corrected chi connectivity index (χ1v) is 6.92. The Morgan fingerprint density at radius 1 is 1.18 bits per heavy atom. The molecule has 5 nitrogen and oxygen atoms in total. The lowest BCUT2D eigenvalue weighted by atomic mass is 9.93. The number of carboxylic acids is 1. The number of benzene rings is 1. The highest BCUT2D eigenvalue weighted by molar-refractivity contribution is 6.05. The van der Waals surface area contributed by atoms with E-state index >= 15 is 0 Å². The van der Waals surface area contributed by atoms with Crippen molar-refractivity contribution in [3.8, 4) is 0 Å². The van der Waals surface area contributed by atoms with Crippen LogP contribution in [0.1, 0.15) is 53.0 Å². The van der Waals surface area contributed by atoms with Crippen LogP contribution in [0.15, 0.2) is 34.7 Å². The standard InChI is InChI=1S/C17H19NO4/c1-10-13(9-14(22-10)17(2,3)4)15(19)18-12-7-5-6-11(8-12)16(20)21/h5-9H,1-4H3,(H,18,19)(H,20,21)/p-1. The van der Waals surface area contributed by atoms with Gasteiger partial charge in [0.15, 0.2) is 0 Å². The van der Waals surface area contributed by atoms with Crippen molar-refractivity contribution in [3.63, 3.8) is 0 Å². The van der Waals surface area contributed by atoms with Crippen molar-refractivity contribution in [2.45, 2.75) is 33.1 Å². The van der Waals surface area contributed by atoms with E-state index in [0.717, 1.165) is 5.76 Å². The lowest BCUT2D eigenvalue weighted by Gasteiger charge is -2.13. The summed E-state index contributed by atoms with van der Waals surface area (Å²) in [5, 5.41) is 13.5. The molecule has 0 aliphatic rings. The number of carbonyl (C=O) groups excluding carboxylic acids is 2. The third-order valence-corrected chi connectivity index (χ3v) is 3.26. The molecule has 1 amide bonds. The molecule has 0 atom stereocenters. The minimum atomic E-state index is -1.29. The Hall–Kier alpha value is -2.56. The molecule has 1 aromatic carbocycles. The lowest BCUT2D eigenvalue weighted by Crippen LogP contribution is -2.22. The van der Waals surface area contributed by atoms with Gasteiger partial charge in [-0.2, -0.15) is 0 Å². The maximum absolute atomic E-state index is 12.3. The number of carboxylic acid groups (broad SMARTS) is 1. The predicted molar refractivity (Wildman–Crippen MR) is 80.9 cm³/mol. The molecule has 1 heterocycles. The molecule has 0 unspecified atom stereocenters. The summed E-state index contributed by atoms with van der Waals surface area (Å²) in [5.41, 5.74) is 0.642. The van der Waals surface area contributed by atoms with Crippen LogP contribution in [0.2, 0.25) is 0 Å². The van der Waals surface area contributed by atoms with Crippen molar-refractivity contribution in [1.29, 1.82) is 0 Å². The molecule has 0 spiro atoms. The molecule has 1 aromatic heterocycles. The van der Waals surface area contributed by atoms with Gasteiger partial charge in [-0.15, -0.1) is 0 Å². The van der Waals surface area contributed by atoms with Gasteiger partial charge in [0.05, 0.1) is 11.5 Å². The SMILES string of the molecule is Cc1oc(C(C)(C)C)cc1C(=O)Nc1cccc(C(=O)[O-])c1. The first kappa shape index (κ1) is 15.8. The molecule has 0 aliphatic carbocycles. The molecular weight excluding hydrogens is 282 g/mol. The first-order chi connectivity index (χ1) is 10.2. The third kappa shape index (κ3) is 3.36. The molecular formula is C17H18NO4-. The van der Waals surface area contributed by atoms with Crippen LogP contribution in [0, 0.1) is 6.92 Å². The summed E-state index contributed by atoms with van der Waals surface area (Å²) in [6.07, 6.45) is 0. The number of hydrogen-bond acceptors (Lipinski definition) is 4. The summed E-state index contributed by atoms with van der Waals surface area (Å²) >= 11 is 0. The van der Waals surface area contributed by atoms with Crippen molar-refractivity contribution in [3.05, 3.63) is 53.0 Å². The number of furan rings is 1. The largest absolute Gasteiger partial charge is 0.545 e. The Morgan fingerprint density at radius 3 is 2.41 bits per heavy atom. The van der Waals surface area contributed by atoms with Gasteiger partial charge in [-0.25, -0.2) is 0 Å². The maximum atomic E-state index is 12.3. The van der Waals surface area contributed by atoms with E-state index in [1.807, 2.05) is 20.8 Å². The second kappa shape index (κ2) is 5.67. The van der Waals surface area contributed by atoms with Crippen molar-refractivity contribution in [2.24, 2.45) is 0 Å². The summed E-state index contributed by atoms with van der Waals surface area (Å²) in [4.78, 5) is 23.2. The monoisotopic (exact) mass is 300 g/mol. The lowest BCUT2D eigenvalue weighted by molar-refractivity contribution is -0.255. The average Bonchev–Trinajstić information content (AvgIpc) is 2.81. The number of nitrogens with one attached hydrogen (secondary N) is 1. The van der Waals surface area contributed by atoms with E-state index in [2.05, 4.69) is 5.32 Å². The van der Waals surface area contributed by atoms with Crippen molar-refractivity contribution < 1.29 is 19.1 Å². The number of aromatic carboxylic acids is 1. The summed E-state index contributed by atoms with van der Waals surface area (Å²) < 4.78 is 5.63. The highest BCUT2D eigenvalue weighted by Gasteiger charge is 2.23. The van der Waals surface area contributed by atoms with Gasteiger partial charge >= 0.3 is 0 Å². The normalized spacial score (nSPS) is 11.3. The van der Waals surface area contributed by atoms with E-state index in [0.29, 0.717) is 17.0 Å². The van der Waals surface area contributed by atoms with E-state index in [-0.39, 0.29) is 16.9 Å². The van der Waals surface area contributed by atoms with Crippen molar-refractivity contribution >= 4 is 17.6 Å². The zero-order valence-corrected chi connectivity index (χ0v) is 13.0. The number of carbonyl (C=O) groups is 2. The minimum absolute atomic E-state index is 0.0112. The molecule has 0 saturated carbocycles. The number of hydrogen-bond donors (Lipinski definition) is 1. The number of amides is 1. The molecule has 1 N–H and O–H groups in total. The molecule has 22 heavy (non-hydrogen) atoms. The Kier molecular flexibility index (Phi) is 4.08. The molecule has 2 aromatic rings. The van der Waals surface area contributed by atoms with Gasteiger partial charge in [0.1, 0.15) is 11.5 Å². The molecule has 0 bridgehead atoms. The van der Waals surface area contributed by atoms with Crippen LogP contribution in [0.25, 0.3) is 0 Å². The van der Waals surface area contributed by atoms with Gasteiger partial charge in [-0.1, -0.05) is 32.9 Å². The Labute approximate surface area is 129 Å². The molecule has 0 aliphatic heterocycles. The van der Waals surface area contributed by atoms with Gasteiger partial charge < -0.3 is 19.6 Å². The summed E-state index contributed by atoms with van der Waals surface area (Å²) in [6, 6.07) is 7.64. The third-order valence-electron chi connectivity index (χ3n) is 3.26. The van der Waals surface area contributed by atoms with Crippen LogP contribution in [-0.2, 0) is 5.41 Å². The van der Waals surface area contributed by atoms with Crippen LogP contribution in [0.5, 0.6) is 0 Å². The smallest absolute Gasteiger partial charge is 0.259 e. The van der Waals surface area contributed by atoms with Gasteiger partial charge in [-0.3, -0.25) is 4.79 Å². The van der Waals surface area contributed by atoms with Crippen LogP contribution in [0.4, 0.5) is 5.69 Å². The fraction of sp³-hybridized carbons (Fsp3) is 0.294. The Balaban J connectivity index is 2.25. The Bertz CT molecular complexity index is 723. The summed E-state index contributed by atoms with van der Waals surface area (Å²) in [7, 11) is 0. The van der Waals surface area contributed by atoms with E-state index < -0.39 is 5.97 Å². The van der Waals surface area contributed by atoms with E-state index in [4.69, 9.17) is 4.42 Å². The van der Waals surface area contributed by atoms with Crippen molar-refractivity contribution in [2.75, 3.05) is 5.32 Å². The predicted octanol–water partition coefficient (Wildman–Crippen LogP) is 2.50. The van der Waals surface area contributed by atoms with Gasteiger partial charge in [0, 0.05) is 11.1 Å². The number of anilines is 1. The zero-order chi connectivity index (χ0) is 16.5. The highest BCUT2D eigenvalue weighted by atomic mass is 16.4. The second-order valence-electron chi connectivity index (χ2n) is 6.15. The topological polar surface area (TPSA) is 82.4 Å². The molecule has 0 saturated heterocycles. The van der Waals surface area contributed by atoms with Gasteiger partial charge in [0.25, 0.3) is 5.91 Å². The van der Waals surface area contributed by atoms with Gasteiger partial charge in [0.2, 0.25) is 0 Å². The molecule has 116 valence electrons. The van der Waals surface area contributed by atoms with Crippen LogP contribution < -0.4 is 10.4 Å². The average molecular weight is 300 g/mol. The number of aryl methyl sites for hydroxylation is 1. The van der Waals surface area contributed by atoms with E-state index in [1.165, 1.54) is 12.1 Å². The molecule has 0 fully saturated rings. The summed E-state index contributed by atoms with van der Waals surface area (Å²) in [6.45, 7) is 7.71. The van der Waals surface area contributed by atoms with E-state index in [9.17, 15) is 14.7 Å². The van der Waals surface area contributed by atoms with Crippen LogP contribution in [-0.4, -0.2) is 11.9 Å². The highest BCUT2D eigenvalue weighted by Crippen LogP contribution is 2.27. The maximum Gasteiger partial charge on any atom is 0.259 e. The molecule has 0 radical (unpaired) electrons. The number of rotatable bonds is 3. The summed E-state index contributed by atoms with van der Waals surface area (Å²) in [5.74, 6) is -0.380. The fourth-order valence-corrected chi connectivity index (χ4v) is 2.00.